The summed E-state index contributed by atoms with van der Waals surface area (Å²) in [6.45, 7) is 7.29. The molecule has 1 aliphatic carbocycles. The van der Waals surface area contributed by atoms with Gasteiger partial charge in [0.2, 0.25) is 0 Å². The lowest BCUT2D eigenvalue weighted by atomic mass is 9.70. The number of hydrogen-bond donors (Lipinski definition) is 1. The van der Waals surface area contributed by atoms with Gasteiger partial charge in [0.15, 0.2) is 0 Å². The first-order chi connectivity index (χ1) is 8.32. The molecule has 18 heavy (non-hydrogen) atoms. The van der Waals surface area contributed by atoms with Crippen LogP contribution in [0.25, 0.3) is 0 Å². The summed E-state index contributed by atoms with van der Waals surface area (Å²) in [6, 6.07) is 0.249. The molecule has 0 aromatic carbocycles. The van der Waals surface area contributed by atoms with Crippen molar-refractivity contribution in [2.24, 2.45) is 11.1 Å². The first-order valence-corrected chi connectivity index (χ1v) is 7.06. The molecule has 104 valence electrons. The van der Waals surface area contributed by atoms with Crippen LogP contribution >= 0.6 is 0 Å². The van der Waals surface area contributed by atoms with E-state index in [2.05, 4.69) is 0 Å². The number of nitrogens with zero attached hydrogens (tertiary/aromatic N) is 1. The SMILES string of the molecule is CC(C)(C)OC(=O)N1CC[C@]2(CCCC[C@H]2N)C1. The Morgan fingerprint density at radius 2 is 2.06 bits per heavy atom. The predicted molar refractivity (Wildman–Crippen MR) is 71.3 cm³/mol. The third kappa shape index (κ3) is 2.79. The van der Waals surface area contributed by atoms with Crippen molar-refractivity contribution >= 4 is 6.09 Å². The smallest absolute Gasteiger partial charge is 0.410 e. The third-order valence-electron chi connectivity index (χ3n) is 4.26. The molecule has 2 rings (SSSR count). The Kier molecular flexibility index (Phi) is 3.58. The van der Waals surface area contributed by atoms with E-state index >= 15 is 0 Å². The summed E-state index contributed by atoms with van der Waals surface area (Å²) in [5.74, 6) is 0. The second kappa shape index (κ2) is 4.72. The number of carbonyl (C=O) groups is 1. The number of hydrogen-bond acceptors (Lipinski definition) is 3. The van der Waals surface area contributed by atoms with Crippen LogP contribution in [0.15, 0.2) is 0 Å². The van der Waals surface area contributed by atoms with Crippen LogP contribution in [0.3, 0.4) is 0 Å². The Morgan fingerprint density at radius 3 is 2.67 bits per heavy atom. The van der Waals surface area contributed by atoms with E-state index in [9.17, 15) is 4.79 Å². The molecular weight excluding hydrogens is 228 g/mol. The van der Waals surface area contributed by atoms with Crippen molar-refractivity contribution in [1.29, 1.82) is 0 Å². The molecule has 2 fully saturated rings. The Labute approximate surface area is 110 Å². The average molecular weight is 254 g/mol. The maximum absolute atomic E-state index is 12.1. The van der Waals surface area contributed by atoms with Gasteiger partial charge in [-0.25, -0.2) is 4.79 Å². The van der Waals surface area contributed by atoms with Gasteiger partial charge in [0, 0.05) is 24.5 Å². The van der Waals surface area contributed by atoms with Crippen molar-refractivity contribution in [3.63, 3.8) is 0 Å². The summed E-state index contributed by atoms with van der Waals surface area (Å²) < 4.78 is 5.44. The van der Waals surface area contributed by atoms with Crippen molar-refractivity contribution in [2.45, 2.75) is 64.5 Å². The zero-order valence-corrected chi connectivity index (χ0v) is 11.9. The molecule has 4 nitrogen and oxygen atoms in total. The highest BCUT2D eigenvalue weighted by molar-refractivity contribution is 5.68. The molecule has 1 amide bonds. The van der Waals surface area contributed by atoms with Crippen molar-refractivity contribution in [1.82, 2.24) is 4.90 Å². The van der Waals surface area contributed by atoms with Gasteiger partial charge in [-0.05, 0) is 40.0 Å². The highest BCUT2D eigenvalue weighted by atomic mass is 16.6. The Morgan fingerprint density at radius 1 is 1.33 bits per heavy atom. The summed E-state index contributed by atoms with van der Waals surface area (Å²) in [7, 11) is 0. The summed E-state index contributed by atoms with van der Waals surface area (Å²) in [5, 5.41) is 0. The van der Waals surface area contributed by atoms with Crippen molar-refractivity contribution in [2.75, 3.05) is 13.1 Å². The number of rotatable bonds is 0. The van der Waals surface area contributed by atoms with E-state index in [1.807, 2.05) is 25.7 Å². The minimum atomic E-state index is -0.415. The zero-order chi connectivity index (χ0) is 13.4. The first kappa shape index (κ1) is 13.7. The van der Waals surface area contributed by atoms with Gasteiger partial charge in [0.05, 0.1) is 0 Å². The maximum atomic E-state index is 12.1. The van der Waals surface area contributed by atoms with Gasteiger partial charge < -0.3 is 15.4 Å². The molecule has 4 heteroatoms. The highest BCUT2D eigenvalue weighted by Crippen LogP contribution is 2.43. The van der Waals surface area contributed by atoms with Crippen molar-refractivity contribution < 1.29 is 9.53 Å². The third-order valence-corrected chi connectivity index (χ3v) is 4.26. The fourth-order valence-corrected chi connectivity index (χ4v) is 3.22. The second-order valence-electron chi connectivity index (χ2n) is 6.87. The lowest BCUT2D eigenvalue weighted by Gasteiger charge is -2.39. The van der Waals surface area contributed by atoms with Crippen molar-refractivity contribution in [3.05, 3.63) is 0 Å². The predicted octanol–water partition coefficient (Wildman–Crippen LogP) is 2.51. The minimum Gasteiger partial charge on any atom is -0.444 e. The average Bonchev–Trinajstić information content (AvgIpc) is 2.66. The van der Waals surface area contributed by atoms with E-state index in [1.165, 1.54) is 12.8 Å². The molecule has 2 aliphatic rings. The fraction of sp³-hybridized carbons (Fsp3) is 0.929. The van der Waals surface area contributed by atoms with Gasteiger partial charge in [-0.1, -0.05) is 12.8 Å². The Balaban J connectivity index is 1.97. The molecule has 0 unspecified atom stereocenters. The van der Waals surface area contributed by atoms with Crippen LogP contribution in [0.5, 0.6) is 0 Å². The zero-order valence-electron chi connectivity index (χ0n) is 11.9. The quantitative estimate of drug-likeness (QED) is 0.722. The monoisotopic (exact) mass is 254 g/mol. The summed E-state index contributed by atoms with van der Waals surface area (Å²) in [5.41, 5.74) is 6.03. The van der Waals surface area contributed by atoms with Gasteiger partial charge in [-0.2, -0.15) is 0 Å². The Bertz CT molecular complexity index is 324. The largest absolute Gasteiger partial charge is 0.444 e. The Hall–Kier alpha value is -0.770. The second-order valence-corrected chi connectivity index (χ2v) is 6.87. The van der Waals surface area contributed by atoms with Gasteiger partial charge in [-0.15, -0.1) is 0 Å². The maximum Gasteiger partial charge on any atom is 0.410 e. The van der Waals surface area contributed by atoms with Gasteiger partial charge in [0.25, 0.3) is 0 Å². The number of amides is 1. The number of ether oxygens (including phenoxy) is 1. The van der Waals surface area contributed by atoms with Crippen LogP contribution in [-0.4, -0.2) is 35.7 Å². The van der Waals surface area contributed by atoms with E-state index in [4.69, 9.17) is 10.5 Å². The van der Waals surface area contributed by atoms with Gasteiger partial charge in [0.1, 0.15) is 5.60 Å². The van der Waals surface area contributed by atoms with Crippen LogP contribution in [0, 0.1) is 5.41 Å². The number of likely N-dealkylation sites (tertiary alicyclic amines) is 1. The highest BCUT2D eigenvalue weighted by Gasteiger charge is 2.46. The number of nitrogens with two attached hydrogens (primary N) is 1. The van der Waals surface area contributed by atoms with E-state index in [-0.39, 0.29) is 17.6 Å². The molecule has 0 bridgehead atoms. The summed E-state index contributed by atoms with van der Waals surface area (Å²) in [4.78, 5) is 13.9. The van der Waals surface area contributed by atoms with Crippen LogP contribution in [0.4, 0.5) is 4.79 Å². The molecule has 0 aromatic rings. The molecule has 1 spiro atoms. The molecule has 2 atom stereocenters. The molecule has 0 radical (unpaired) electrons. The van der Waals surface area contributed by atoms with Gasteiger partial charge in [-0.3, -0.25) is 0 Å². The van der Waals surface area contributed by atoms with Crippen LogP contribution in [-0.2, 0) is 4.74 Å². The topological polar surface area (TPSA) is 55.6 Å². The van der Waals surface area contributed by atoms with E-state index in [1.54, 1.807) is 0 Å². The molecule has 1 aliphatic heterocycles. The van der Waals surface area contributed by atoms with Crippen molar-refractivity contribution in [3.8, 4) is 0 Å². The summed E-state index contributed by atoms with van der Waals surface area (Å²) in [6.07, 6.45) is 5.59. The lowest BCUT2D eigenvalue weighted by molar-refractivity contribution is 0.0255. The van der Waals surface area contributed by atoms with E-state index in [0.29, 0.717) is 0 Å². The molecule has 0 aromatic heterocycles. The molecule has 1 heterocycles. The molecular formula is C14H26N2O2. The lowest BCUT2D eigenvalue weighted by Crippen LogP contribution is -2.47. The van der Waals surface area contributed by atoms with Crippen LogP contribution in [0.2, 0.25) is 0 Å². The molecule has 1 saturated heterocycles. The normalized spacial score (nSPS) is 32.9. The summed E-state index contributed by atoms with van der Waals surface area (Å²) >= 11 is 0. The molecule has 1 saturated carbocycles. The van der Waals surface area contributed by atoms with Crippen LogP contribution < -0.4 is 5.73 Å². The molecule has 2 N–H and O–H groups in total. The minimum absolute atomic E-state index is 0.162. The standard InChI is InChI=1S/C14H26N2O2/c1-13(2,3)18-12(17)16-9-8-14(10-16)7-5-4-6-11(14)15/h11H,4-10,15H2,1-3H3/t11-,14-/m1/s1. The van der Waals surface area contributed by atoms with E-state index < -0.39 is 5.60 Å². The number of carbonyl (C=O) groups excluding carboxylic acids is 1. The fourth-order valence-electron chi connectivity index (χ4n) is 3.22. The van der Waals surface area contributed by atoms with E-state index in [0.717, 1.165) is 32.4 Å². The first-order valence-electron chi connectivity index (χ1n) is 7.06. The van der Waals surface area contributed by atoms with Crippen LogP contribution in [0.1, 0.15) is 52.9 Å². The van der Waals surface area contributed by atoms with Gasteiger partial charge >= 0.3 is 6.09 Å².